The molecule has 0 saturated heterocycles. The molecule has 0 fully saturated rings. The number of aryl methyl sites for hydroxylation is 1. The summed E-state index contributed by atoms with van der Waals surface area (Å²) in [4.78, 5) is 0. The van der Waals surface area contributed by atoms with Gasteiger partial charge >= 0.3 is 0 Å². The summed E-state index contributed by atoms with van der Waals surface area (Å²) in [5.74, 6) is 0. The molecule has 0 heterocycles. The van der Waals surface area contributed by atoms with E-state index in [0.717, 1.165) is 5.56 Å². The number of rotatable bonds is 3. The molecule has 0 N–H and O–H groups in total. The lowest BCUT2D eigenvalue weighted by Crippen LogP contribution is -1.86. The van der Waals surface area contributed by atoms with E-state index in [1.165, 1.54) is 16.7 Å². The Balaban J connectivity index is 2.18. The van der Waals surface area contributed by atoms with E-state index in [1.54, 1.807) is 6.26 Å². The Morgan fingerprint density at radius 1 is 0.941 bits per heavy atom. The van der Waals surface area contributed by atoms with Crippen LogP contribution in [0.25, 0.3) is 11.1 Å². The van der Waals surface area contributed by atoms with Crippen molar-refractivity contribution < 1.29 is 4.74 Å². The van der Waals surface area contributed by atoms with Crippen molar-refractivity contribution in [2.45, 2.75) is 13.5 Å². The normalized spacial score (nSPS) is 9.65. The first-order valence-electron chi connectivity index (χ1n) is 5.46. The molecule has 0 saturated carbocycles. The summed E-state index contributed by atoms with van der Waals surface area (Å²) in [6.07, 6.45) is 1.67. The number of ether oxygens (including phenoxy) is 1. The van der Waals surface area contributed by atoms with Gasteiger partial charge < -0.3 is 4.74 Å². The third-order valence-electron chi connectivity index (χ3n) is 2.64. The summed E-state index contributed by atoms with van der Waals surface area (Å²) >= 11 is 0. The van der Waals surface area contributed by atoms with Gasteiger partial charge in [0, 0.05) is 0 Å². The molecule has 0 unspecified atom stereocenters. The summed E-state index contributed by atoms with van der Waals surface area (Å²) in [6.45, 7) is 2.41. The molecular formula is C15H13NO. The Labute approximate surface area is 101 Å². The highest BCUT2D eigenvalue weighted by Gasteiger charge is 1.98. The lowest BCUT2D eigenvalue weighted by Gasteiger charge is -2.04. The second-order valence-corrected chi connectivity index (χ2v) is 3.94. The fourth-order valence-electron chi connectivity index (χ4n) is 1.66. The van der Waals surface area contributed by atoms with Crippen LogP contribution in [0, 0.1) is 18.4 Å². The van der Waals surface area contributed by atoms with Gasteiger partial charge in [0.05, 0.1) is 0 Å². The summed E-state index contributed by atoms with van der Waals surface area (Å²) in [5.41, 5.74) is 4.63. The van der Waals surface area contributed by atoms with Crippen LogP contribution < -0.4 is 0 Å². The van der Waals surface area contributed by atoms with Crippen LogP contribution in [-0.4, -0.2) is 0 Å². The van der Waals surface area contributed by atoms with Crippen molar-refractivity contribution in [1.29, 1.82) is 5.26 Å². The van der Waals surface area contributed by atoms with Gasteiger partial charge in [0.2, 0.25) is 0 Å². The Bertz CT molecular complexity index is 520. The number of nitriles is 1. The number of hydrogen-bond acceptors (Lipinski definition) is 2. The average molecular weight is 223 g/mol. The highest BCUT2D eigenvalue weighted by atomic mass is 16.5. The quantitative estimate of drug-likeness (QED) is 0.744. The lowest BCUT2D eigenvalue weighted by atomic mass is 10.0. The number of hydrogen-bond donors (Lipinski definition) is 0. The Hall–Kier alpha value is -2.27. The van der Waals surface area contributed by atoms with Gasteiger partial charge in [-0.25, -0.2) is 0 Å². The van der Waals surface area contributed by atoms with Crippen LogP contribution in [0.5, 0.6) is 0 Å². The van der Waals surface area contributed by atoms with Crippen LogP contribution in [0.2, 0.25) is 0 Å². The zero-order valence-corrected chi connectivity index (χ0v) is 9.68. The fourth-order valence-corrected chi connectivity index (χ4v) is 1.66. The van der Waals surface area contributed by atoms with Crippen molar-refractivity contribution in [3.05, 3.63) is 59.7 Å². The van der Waals surface area contributed by atoms with Crippen LogP contribution >= 0.6 is 0 Å². The van der Waals surface area contributed by atoms with Crippen molar-refractivity contribution in [2.24, 2.45) is 0 Å². The Morgan fingerprint density at radius 3 is 2.00 bits per heavy atom. The van der Waals surface area contributed by atoms with Crippen molar-refractivity contribution in [3.8, 4) is 17.4 Å². The second kappa shape index (κ2) is 5.18. The van der Waals surface area contributed by atoms with Crippen molar-refractivity contribution >= 4 is 0 Å². The van der Waals surface area contributed by atoms with E-state index in [-0.39, 0.29) is 0 Å². The average Bonchev–Trinajstić information content (AvgIpc) is 2.38. The maximum Gasteiger partial charge on any atom is 0.286 e. The summed E-state index contributed by atoms with van der Waals surface area (Å²) < 4.78 is 4.69. The van der Waals surface area contributed by atoms with Gasteiger partial charge in [-0.3, -0.25) is 0 Å². The molecule has 2 heteroatoms. The Morgan fingerprint density at radius 2 is 1.47 bits per heavy atom. The molecule has 0 atom stereocenters. The van der Waals surface area contributed by atoms with Crippen molar-refractivity contribution in [1.82, 2.24) is 0 Å². The monoisotopic (exact) mass is 223 g/mol. The molecule has 84 valence electrons. The van der Waals surface area contributed by atoms with E-state index < -0.39 is 0 Å². The first kappa shape index (κ1) is 11.2. The van der Waals surface area contributed by atoms with Gasteiger partial charge in [0.25, 0.3) is 6.26 Å². The zero-order chi connectivity index (χ0) is 12.1. The highest BCUT2D eigenvalue weighted by Crippen LogP contribution is 2.20. The van der Waals surface area contributed by atoms with E-state index in [2.05, 4.69) is 35.9 Å². The van der Waals surface area contributed by atoms with Crippen LogP contribution in [0.3, 0.4) is 0 Å². The molecule has 2 nitrogen and oxygen atoms in total. The van der Waals surface area contributed by atoms with Gasteiger partial charge in [0.15, 0.2) is 0 Å². The molecule has 0 aliphatic rings. The molecule has 0 spiro atoms. The molecule has 0 aliphatic carbocycles. The molecule has 2 aromatic rings. The minimum Gasteiger partial charge on any atom is -0.423 e. The van der Waals surface area contributed by atoms with Crippen LogP contribution in [-0.2, 0) is 11.3 Å². The van der Waals surface area contributed by atoms with E-state index in [1.807, 2.05) is 24.3 Å². The van der Waals surface area contributed by atoms with Gasteiger partial charge in [-0.05, 0) is 23.6 Å². The zero-order valence-electron chi connectivity index (χ0n) is 9.68. The number of nitrogens with zero attached hydrogens (tertiary/aromatic N) is 1. The van der Waals surface area contributed by atoms with Crippen LogP contribution in [0.4, 0.5) is 0 Å². The fraction of sp³-hybridized carbons (Fsp3) is 0.133. The highest BCUT2D eigenvalue weighted by molar-refractivity contribution is 5.63. The molecular weight excluding hydrogens is 210 g/mol. The molecule has 17 heavy (non-hydrogen) atoms. The van der Waals surface area contributed by atoms with Gasteiger partial charge in [-0.2, -0.15) is 5.26 Å². The summed E-state index contributed by atoms with van der Waals surface area (Å²) in [7, 11) is 0. The third kappa shape index (κ3) is 2.85. The first-order chi connectivity index (χ1) is 8.29. The third-order valence-corrected chi connectivity index (χ3v) is 2.64. The first-order valence-corrected chi connectivity index (χ1v) is 5.46. The Kier molecular flexibility index (Phi) is 3.42. The molecule has 0 bridgehead atoms. The van der Waals surface area contributed by atoms with Crippen molar-refractivity contribution in [2.75, 3.05) is 0 Å². The molecule has 0 radical (unpaired) electrons. The molecule has 2 aromatic carbocycles. The van der Waals surface area contributed by atoms with Gasteiger partial charge in [0.1, 0.15) is 6.61 Å². The SMILES string of the molecule is Cc1ccc(-c2ccc(COC#N)cc2)cc1. The van der Waals surface area contributed by atoms with Crippen molar-refractivity contribution in [3.63, 3.8) is 0 Å². The van der Waals surface area contributed by atoms with Crippen LogP contribution in [0.1, 0.15) is 11.1 Å². The van der Waals surface area contributed by atoms with Gasteiger partial charge in [-0.15, -0.1) is 0 Å². The predicted molar refractivity (Wildman–Crippen MR) is 67.0 cm³/mol. The molecule has 0 aromatic heterocycles. The molecule has 0 amide bonds. The maximum atomic E-state index is 8.31. The van der Waals surface area contributed by atoms with Gasteiger partial charge in [-0.1, -0.05) is 54.1 Å². The molecule has 2 rings (SSSR count). The smallest absolute Gasteiger partial charge is 0.286 e. The summed E-state index contributed by atoms with van der Waals surface area (Å²) in [5, 5.41) is 8.31. The predicted octanol–water partition coefficient (Wildman–Crippen LogP) is 3.66. The standard InChI is InChI=1S/C15H13NO/c1-12-2-6-14(7-3-12)15-8-4-13(5-9-15)10-17-11-16/h2-9H,10H2,1H3. The minimum atomic E-state index is 0.338. The van der Waals surface area contributed by atoms with Crippen LogP contribution in [0.15, 0.2) is 48.5 Å². The maximum absolute atomic E-state index is 8.31. The lowest BCUT2D eigenvalue weighted by molar-refractivity contribution is 0.257. The summed E-state index contributed by atoms with van der Waals surface area (Å²) in [6, 6.07) is 16.5. The largest absolute Gasteiger partial charge is 0.423 e. The second-order valence-electron chi connectivity index (χ2n) is 3.94. The van der Waals surface area contributed by atoms with E-state index >= 15 is 0 Å². The van der Waals surface area contributed by atoms with E-state index in [9.17, 15) is 0 Å². The minimum absolute atomic E-state index is 0.338. The van der Waals surface area contributed by atoms with E-state index in [4.69, 9.17) is 5.26 Å². The molecule has 0 aliphatic heterocycles. The van der Waals surface area contributed by atoms with E-state index in [0.29, 0.717) is 6.61 Å². The topological polar surface area (TPSA) is 33.0 Å². The number of benzene rings is 2.